The van der Waals surface area contributed by atoms with Gasteiger partial charge in [0.15, 0.2) is 0 Å². The van der Waals surface area contributed by atoms with E-state index in [4.69, 9.17) is 11.6 Å². The minimum Gasteiger partial charge on any atom is -0.507 e. The number of thioether (sulfide) groups is 1. The molecule has 12 heteroatoms. The summed E-state index contributed by atoms with van der Waals surface area (Å²) in [5.41, 5.74) is -1.28. The standard InChI is InChI=1S/C24H21ClF3N3O4S/c1-13(32)30-6-8-31(9-7-30)20(34)12-36-22-21(17-11-15(25)3-5-19(17)33)16-10-14(24(26,27)28)2-4-18(16)29-23(22)35/h2-5,10-11,33H,6-9,12H2,1H3,(H,29,35). The monoisotopic (exact) mass is 539 g/mol. The van der Waals surface area contributed by atoms with Crippen LogP contribution in [0.1, 0.15) is 12.5 Å². The van der Waals surface area contributed by atoms with E-state index in [2.05, 4.69) is 4.98 Å². The number of fused-ring (bicyclic) bond motifs is 1. The van der Waals surface area contributed by atoms with Crippen molar-refractivity contribution >= 4 is 46.1 Å². The molecule has 1 aliphatic heterocycles. The molecular weight excluding hydrogens is 519 g/mol. The number of nitrogens with zero attached hydrogens (tertiary/aromatic N) is 2. The highest BCUT2D eigenvalue weighted by atomic mass is 35.5. The molecule has 0 unspecified atom stereocenters. The molecular formula is C24H21ClF3N3O4S. The Balaban J connectivity index is 1.76. The van der Waals surface area contributed by atoms with Crippen molar-refractivity contribution in [3.8, 4) is 16.9 Å². The van der Waals surface area contributed by atoms with Crippen LogP contribution in [0.5, 0.6) is 5.75 Å². The predicted molar refractivity (Wildman–Crippen MR) is 131 cm³/mol. The maximum Gasteiger partial charge on any atom is 0.416 e. The zero-order valence-electron chi connectivity index (χ0n) is 19.0. The van der Waals surface area contributed by atoms with Crippen LogP contribution in [-0.2, 0) is 15.8 Å². The Labute approximate surface area is 212 Å². The van der Waals surface area contributed by atoms with Crippen molar-refractivity contribution in [2.24, 2.45) is 0 Å². The van der Waals surface area contributed by atoms with Crippen LogP contribution in [0.3, 0.4) is 0 Å². The van der Waals surface area contributed by atoms with Crippen LogP contribution in [0.4, 0.5) is 13.2 Å². The number of phenols is 1. The second kappa shape index (κ2) is 10.1. The summed E-state index contributed by atoms with van der Waals surface area (Å²) in [5.74, 6) is -0.810. The molecule has 0 aliphatic carbocycles. The predicted octanol–water partition coefficient (Wildman–Crippen LogP) is 4.36. The molecule has 0 bridgehead atoms. The Morgan fingerprint density at radius 1 is 1.08 bits per heavy atom. The molecule has 4 rings (SSSR count). The SMILES string of the molecule is CC(=O)N1CCN(C(=O)CSc2c(-c3cc(Cl)ccc3O)c3cc(C(F)(F)F)ccc3[nH]c2=O)CC1. The summed E-state index contributed by atoms with van der Waals surface area (Å²) in [7, 11) is 0. The van der Waals surface area contributed by atoms with Crippen LogP contribution >= 0.6 is 23.4 Å². The molecule has 2 amide bonds. The molecule has 190 valence electrons. The Bertz CT molecular complexity index is 1400. The summed E-state index contributed by atoms with van der Waals surface area (Å²) in [6, 6.07) is 6.96. The highest BCUT2D eigenvalue weighted by Gasteiger charge is 2.31. The van der Waals surface area contributed by atoms with Gasteiger partial charge in [0.1, 0.15) is 5.75 Å². The van der Waals surface area contributed by atoms with Gasteiger partial charge in [-0.2, -0.15) is 13.2 Å². The number of aromatic hydroxyl groups is 1. The number of benzene rings is 2. The van der Waals surface area contributed by atoms with Gasteiger partial charge in [0.25, 0.3) is 5.56 Å². The lowest BCUT2D eigenvalue weighted by atomic mass is 9.98. The number of phenolic OH excluding ortho intramolecular Hbond substituents is 1. The zero-order chi connectivity index (χ0) is 26.2. The van der Waals surface area contributed by atoms with Gasteiger partial charge in [-0.25, -0.2) is 0 Å². The van der Waals surface area contributed by atoms with Crippen LogP contribution in [0.2, 0.25) is 5.02 Å². The fourth-order valence-corrected chi connectivity index (χ4v) is 5.23. The molecule has 0 atom stereocenters. The number of alkyl halides is 3. The highest BCUT2D eigenvalue weighted by molar-refractivity contribution is 8.00. The Morgan fingerprint density at radius 3 is 2.39 bits per heavy atom. The van der Waals surface area contributed by atoms with E-state index in [0.29, 0.717) is 26.2 Å². The maximum atomic E-state index is 13.5. The quantitative estimate of drug-likeness (QED) is 0.481. The molecule has 0 radical (unpaired) electrons. The summed E-state index contributed by atoms with van der Waals surface area (Å²) >= 11 is 6.97. The molecule has 1 fully saturated rings. The van der Waals surface area contributed by atoms with Crippen LogP contribution < -0.4 is 5.56 Å². The second-order valence-electron chi connectivity index (χ2n) is 8.25. The molecule has 3 aromatic rings. The lowest BCUT2D eigenvalue weighted by molar-refractivity contribution is -0.137. The van der Waals surface area contributed by atoms with Crippen molar-refractivity contribution in [2.45, 2.75) is 18.0 Å². The van der Waals surface area contributed by atoms with Crippen LogP contribution in [0.25, 0.3) is 22.0 Å². The Kier molecular flexibility index (Phi) is 7.24. The summed E-state index contributed by atoms with van der Waals surface area (Å²) in [6.45, 7) is 2.92. The number of pyridine rings is 1. The zero-order valence-corrected chi connectivity index (χ0v) is 20.6. The van der Waals surface area contributed by atoms with Crippen molar-refractivity contribution in [3.05, 3.63) is 57.3 Å². The first kappa shape index (κ1) is 25.9. The Morgan fingerprint density at radius 2 is 1.75 bits per heavy atom. The van der Waals surface area contributed by atoms with Gasteiger partial charge in [0.05, 0.1) is 16.2 Å². The van der Waals surface area contributed by atoms with Crippen molar-refractivity contribution in [2.75, 3.05) is 31.9 Å². The summed E-state index contributed by atoms with van der Waals surface area (Å²) in [4.78, 5) is 43.2. The fourth-order valence-electron chi connectivity index (χ4n) is 4.06. The number of H-pyrrole nitrogens is 1. The van der Waals surface area contributed by atoms with Gasteiger partial charge in [-0.15, -0.1) is 11.8 Å². The molecule has 1 saturated heterocycles. The Hall–Kier alpha value is -3.18. The number of carbonyl (C=O) groups is 2. The van der Waals surface area contributed by atoms with Crippen molar-refractivity contribution in [1.82, 2.24) is 14.8 Å². The highest BCUT2D eigenvalue weighted by Crippen LogP contribution is 2.42. The number of aromatic amines is 1. The average Bonchev–Trinajstić information content (AvgIpc) is 2.83. The first-order valence-electron chi connectivity index (χ1n) is 10.9. The third kappa shape index (κ3) is 5.31. The average molecular weight is 540 g/mol. The lowest BCUT2D eigenvalue weighted by Gasteiger charge is -2.34. The number of rotatable bonds is 4. The molecule has 1 aromatic heterocycles. The molecule has 1 aliphatic rings. The molecule has 0 saturated carbocycles. The summed E-state index contributed by atoms with van der Waals surface area (Å²) in [6.07, 6.45) is -4.64. The number of carbonyl (C=O) groups excluding carboxylic acids is 2. The van der Waals surface area contributed by atoms with Gasteiger partial charge in [-0.05, 0) is 36.4 Å². The molecule has 2 N–H and O–H groups in total. The van der Waals surface area contributed by atoms with Crippen molar-refractivity contribution < 1.29 is 27.9 Å². The first-order valence-corrected chi connectivity index (χ1v) is 12.2. The topological polar surface area (TPSA) is 93.7 Å². The number of hydrogen-bond donors (Lipinski definition) is 2. The molecule has 36 heavy (non-hydrogen) atoms. The number of aromatic nitrogens is 1. The number of amides is 2. The number of hydrogen-bond acceptors (Lipinski definition) is 5. The van der Waals surface area contributed by atoms with Gasteiger partial charge < -0.3 is 19.9 Å². The molecule has 7 nitrogen and oxygen atoms in total. The second-order valence-corrected chi connectivity index (χ2v) is 9.68. The van der Waals surface area contributed by atoms with Crippen molar-refractivity contribution in [1.29, 1.82) is 0 Å². The van der Waals surface area contributed by atoms with Gasteiger partial charge in [-0.3, -0.25) is 14.4 Å². The van der Waals surface area contributed by atoms with E-state index < -0.39 is 17.3 Å². The smallest absolute Gasteiger partial charge is 0.416 e. The number of halogens is 4. The summed E-state index contributed by atoms with van der Waals surface area (Å²) < 4.78 is 40.5. The van der Waals surface area contributed by atoms with E-state index in [0.717, 1.165) is 30.0 Å². The van der Waals surface area contributed by atoms with E-state index in [1.807, 2.05) is 0 Å². The van der Waals surface area contributed by atoms with Crippen LogP contribution in [0.15, 0.2) is 46.1 Å². The summed E-state index contributed by atoms with van der Waals surface area (Å²) in [5, 5.41) is 10.8. The van der Waals surface area contributed by atoms with Gasteiger partial charge in [0, 0.05) is 60.2 Å². The molecule has 2 aromatic carbocycles. The van der Waals surface area contributed by atoms with Crippen LogP contribution in [0, 0.1) is 0 Å². The van der Waals surface area contributed by atoms with Gasteiger partial charge in [0.2, 0.25) is 11.8 Å². The van der Waals surface area contributed by atoms with Crippen LogP contribution in [-0.4, -0.2) is 63.6 Å². The van der Waals surface area contributed by atoms with E-state index in [1.165, 1.54) is 25.1 Å². The van der Waals surface area contributed by atoms with Gasteiger partial charge >= 0.3 is 6.18 Å². The number of piperazine rings is 1. The van der Waals surface area contributed by atoms with E-state index >= 15 is 0 Å². The minimum atomic E-state index is -4.64. The fraction of sp³-hybridized carbons (Fsp3) is 0.292. The molecule has 2 heterocycles. The van der Waals surface area contributed by atoms with Crippen molar-refractivity contribution in [3.63, 3.8) is 0 Å². The van der Waals surface area contributed by atoms with E-state index in [9.17, 15) is 32.7 Å². The van der Waals surface area contributed by atoms with E-state index in [-0.39, 0.29) is 55.3 Å². The third-order valence-corrected chi connectivity index (χ3v) is 7.25. The lowest BCUT2D eigenvalue weighted by Crippen LogP contribution is -2.50. The minimum absolute atomic E-state index is 0.0184. The first-order chi connectivity index (χ1) is 17.0. The third-order valence-electron chi connectivity index (χ3n) is 5.94. The van der Waals surface area contributed by atoms with Gasteiger partial charge in [-0.1, -0.05) is 11.6 Å². The molecule has 0 spiro atoms. The van der Waals surface area contributed by atoms with E-state index in [1.54, 1.807) is 9.80 Å². The maximum absolute atomic E-state index is 13.5. The normalized spacial score (nSPS) is 14.4. The number of nitrogens with one attached hydrogen (secondary N) is 1. The largest absolute Gasteiger partial charge is 0.507 e.